The minimum atomic E-state index is -0.823. The Morgan fingerprint density at radius 2 is 1.86 bits per heavy atom. The maximum atomic E-state index is 11.0. The molecule has 0 spiro atoms. The lowest BCUT2D eigenvalue weighted by molar-refractivity contribution is -0.137. The van der Waals surface area contributed by atoms with Crippen molar-refractivity contribution in [2.24, 2.45) is 0 Å². The molecule has 0 atom stereocenters. The SMILES string of the molecule is Cc1c(C#N)cccc1-c1cc(-c2cn(Cc3cccc(C(C)(C)CCC(=O)O)n3)nn2)nc(N)n1. The monoisotopic (exact) mass is 482 g/mol. The zero-order valence-corrected chi connectivity index (χ0v) is 20.3. The molecule has 0 unspecified atom stereocenters. The van der Waals surface area contributed by atoms with Gasteiger partial charge in [0.15, 0.2) is 0 Å². The molecule has 0 aliphatic heterocycles. The fourth-order valence-electron chi connectivity index (χ4n) is 3.92. The number of nitrogens with two attached hydrogens (primary N) is 1. The number of pyridine rings is 1. The van der Waals surface area contributed by atoms with Gasteiger partial charge in [-0.2, -0.15) is 5.26 Å². The van der Waals surface area contributed by atoms with Crippen molar-refractivity contribution < 1.29 is 9.90 Å². The summed E-state index contributed by atoms with van der Waals surface area (Å²) < 4.78 is 1.66. The highest BCUT2D eigenvalue weighted by Gasteiger charge is 2.23. The first-order valence-electron chi connectivity index (χ1n) is 11.4. The second kappa shape index (κ2) is 9.92. The summed E-state index contributed by atoms with van der Waals surface area (Å²) in [5, 5.41) is 26.9. The van der Waals surface area contributed by atoms with Crippen molar-refractivity contribution in [1.82, 2.24) is 29.9 Å². The molecular formula is C26H26N8O2. The predicted molar refractivity (Wildman–Crippen MR) is 134 cm³/mol. The van der Waals surface area contributed by atoms with E-state index in [1.807, 2.05) is 45.0 Å². The Morgan fingerprint density at radius 3 is 2.61 bits per heavy atom. The molecule has 4 rings (SSSR count). The van der Waals surface area contributed by atoms with Crippen LogP contribution in [0.3, 0.4) is 0 Å². The van der Waals surface area contributed by atoms with E-state index in [-0.39, 0.29) is 17.8 Å². The number of nitrogens with zero attached hydrogens (tertiary/aromatic N) is 7. The van der Waals surface area contributed by atoms with Crippen LogP contribution in [0.4, 0.5) is 5.95 Å². The lowest BCUT2D eigenvalue weighted by Gasteiger charge is -2.23. The molecule has 0 bridgehead atoms. The summed E-state index contributed by atoms with van der Waals surface area (Å²) in [5.74, 6) is -0.729. The summed E-state index contributed by atoms with van der Waals surface area (Å²) in [4.78, 5) is 24.4. The van der Waals surface area contributed by atoms with Crippen LogP contribution in [0.1, 0.15) is 49.2 Å². The van der Waals surface area contributed by atoms with Crippen molar-refractivity contribution in [1.29, 1.82) is 5.26 Å². The van der Waals surface area contributed by atoms with Crippen molar-refractivity contribution in [3.05, 3.63) is 71.2 Å². The average molecular weight is 483 g/mol. The van der Waals surface area contributed by atoms with Crippen LogP contribution in [0, 0.1) is 18.3 Å². The van der Waals surface area contributed by atoms with Crippen LogP contribution in [0.2, 0.25) is 0 Å². The number of hydrogen-bond acceptors (Lipinski definition) is 8. The molecule has 1 aromatic carbocycles. The number of carboxylic acids is 1. The Morgan fingerprint density at radius 1 is 1.11 bits per heavy atom. The maximum Gasteiger partial charge on any atom is 0.303 e. The number of anilines is 1. The van der Waals surface area contributed by atoms with Crippen molar-refractivity contribution >= 4 is 11.9 Å². The van der Waals surface area contributed by atoms with Crippen LogP contribution in [-0.2, 0) is 16.8 Å². The van der Waals surface area contributed by atoms with Crippen LogP contribution in [0.15, 0.2) is 48.7 Å². The first kappa shape index (κ1) is 24.5. The van der Waals surface area contributed by atoms with E-state index in [9.17, 15) is 10.1 Å². The van der Waals surface area contributed by atoms with Crippen molar-refractivity contribution in [2.75, 3.05) is 5.73 Å². The van der Waals surface area contributed by atoms with E-state index in [2.05, 4.69) is 26.3 Å². The van der Waals surface area contributed by atoms with Gasteiger partial charge in [0, 0.05) is 23.1 Å². The van der Waals surface area contributed by atoms with Gasteiger partial charge in [-0.1, -0.05) is 37.3 Å². The van der Waals surface area contributed by atoms with Gasteiger partial charge in [0.05, 0.1) is 41.5 Å². The van der Waals surface area contributed by atoms with Crippen LogP contribution in [0.25, 0.3) is 22.6 Å². The van der Waals surface area contributed by atoms with Gasteiger partial charge in [0.25, 0.3) is 0 Å². The van der Waals surface area contributed by atoms with Gasteiger partial charge < -0.3 is 10.8 Å². The van der Waals surface area contributed by atoms with Crippen LogP contribution in [0.5, 0.6) is 0 Å². The topological polar surface area (TPSA) is 156 Å². The third-order valence-electron chi connectivity index (χ3n) is 6.06. The number of rotatable bonds is 8. The molecule has 3 heterocycles. The molecule has 10 heteroatoms. The summed E-state index contributed by atoms with van der Waals surface area (Å²) in [6.07, 6.45) is 2.32. The van der Waals surface area contributed by atoms with Crippen LogP contribution >= 0.6 is 0 Å². The summed E-state index contributed by atoms with van der Waals surface area (Å²) in [7, 11) is 0. The number of aromatic nitrogens is 6. The quantitative estimate of drug-likeness (QED) is 0.381. The largest absolute Gasteiger partial charge is 0.481 e. The van der Waals surface area contributed by atoms with E-state index in [1.54, 1.807) is 29.1 Å². The molecular weight excluding hydrogens is 456 g/mol. The molecule has 3 aromatic heterocycles. The Balaban J connectivity index is 1.59. The molecule has 4 aromatic rings. The van der Waals surface area contributed by atoms with Crippen LogP contribution in [-0.4, -0.2) is 41.0 Å². The molecule has 0 fully saturated rings. The minimum Gasteiger partial charge on any atom is -0.481 e. The lowest BCUT2D eigenvalue weighted by Crippen LogP contribution is -2.21. The number of carbonyl (C=O) groups is 1. The molecule has 0 saturated carbocycles. The summed E-state index contributed by atoms with van der Waals surface area (Å²) in [5.41, 5.74) is 11.0. The number of carboxylic acid groups (broad SMARTS) is 1. The normalized spacial score (nSPS) is 11.3. The predicted octanol–water partition coefficient (Wildman–Crippen LogP) is 3.75. The summed E-state index contributed by atoms with van der Waals surface area (Å²) >= 11 is 0. The lowest BCUT2D eigenvalue weighted by atomic mass is 9.84. The zero-order valence-electron chi connectivity index (χ0n) is 20.3. The number of benzene rings is 1. The van der Waals surface area contributed by atoms with Gasteiger partial charge in [-0.25, -0.2) is 14.6 Å². The second-order valence-electron chi connectivity index (χ2n) is 9.18. The molecule has 10 nitrogen and oxygen atoms in total. The standard InChI is InChI=1S/C26H26N8O2/c1-16-17(13-27)6-4-8-19(16)20-12-21(31-25(28)30-20)22-15-34(33-32-22)14-18-7-5-9-23(29-18)26(2,3)11-10-24(35)36/h4-9,12,15H,10-11,14H2,1-3H3,(H,35,36)(H2,28,30,31). The first-order chi connectivity index (χ1) is 17.2. The van der Waals surface area contributed by atoms with E-state index in [0.717, 1.165) is 22.5 Å². The van der Waals surface area contributed by atoms with E-state index in [4.69, 9.17) is 15.8 Å². The molecule has 182 valence electrons. The highest BCUT2D eigenvalue weighted by molar-refractivity contribution is 5.71. The summed E-state index contributed by atoms with van der Waals surface area (Å²) in [6, 6.07) is 15.1. The van der Waals surface area contributed by atoms with E-state index in [0.29, 0.717) is 35.6 Å². The van der Waals surface area contributed by atoms with Gasteiger partial charge in [-0.05, 0) is 43.2 Å². The molecule has 36 heavy (non-hydrogen) atoms. The van der Waals surface area contributed by atoms with Crippen LogP contribution < -0.4 is 5.73 Å². The van der Waals surface area contributed by atoms with Gasteiger partial charge in [-0.3, -0.25) is 9.78 Å². The number of nitriles is 1. The Bertz CT molecular complexity index is 1470. The summed E-state index contributed by atoms with van der Waals surface area (Å²) in [6.45, 7) is 6.22. The number of nitrogen functional groups attached to an aromatic ring is 1. The van der Waals surface area contributed by atoms with E-state index >= 15 is 0 Å². The van der Waals surface area contributed by atoms with Crippen molar-refractivity contribution in [3.8, 4) is 28.7 Å². The van der Waals surface area contributed by atoms with E-state index in [1.165, 1.54) is 0 Å². The molecule has 3 N–H and O–H groups in total. The fourth-order valence-corrected chi connectivity index (χ4v) is 3.92. The van der Waals surface area contributed by atoms with Gasteiger partial charge in [-0.15, -0.1) is 5.10 Å². The third kappa shape index (κ3) is 5.36. The average Bonchev–Trinajstić information content (AvgIpc) is 3.31. The van der Waals surface area contributed by atoms with Gasteiger partial charge >= 0.3 is 5.97 Å². The molecule has 0 aliphatic carbocycles. The van der Waals surface area contributed by atoms with Gasteiger partial charge in [0.2, 0.25) is 5.95 Å². The zero-order chi connectivity index (χ0) is 25.9. The smallest absolute Gasteiger partial charge is 0.303 e. The van der Waals surface area contributed by atoms with Gasteiger partial charge in [0.1, 0.15) is 5.69 Å². The highest BCUT2D eigenvalue weighted by atomic mass is 16.4. The van der Waals surface area contributed by atoms with E-state index < -0.39 is 5.97 Å². The highest BCUT2D eigenvalue weighted by Crippen LogP contribution is 2.28. The van der Waals surface area contributed by atoms with Crippen molar-refractivity contribution in [3.63, 3.8) is 0 Å². The maximum absolute atomic E-state index is 11.0. The minimum absolute atomic E-state index is 0.0791. The fraction of sp³-hybridized carbons (Fsp3) is 0.269. The second-order valence-corrected chi connectivity index (χ2v) is 9.18. The first-order valence-corrected chi connectivity index (χ1v) is 11.4. The number of hydrogen-bond donors (Lipinski definition) is 2. The molecule has 0 amide bonds. The Kier molecular flexibility index (Phi) is 6.74. The molecule has 0 radical (unpaired) electrons. The number of aliphatic carboxylic acids is 1. The Hall–Kier alpha value is -4.65. The molecule has 0 aliphatic rings. The Labute approximate surface area is 208 Å². The molecule has 0 saturated heterocycles. The third-order valence-corrected chi connectivity index (χ3v) is 6.06. The van der Waals surface area contributed by atoms with Crippen molar-refractivity contribution in [2.45, 2.75) is 45.6 Å².